The second-order valence-electron chi connectivity index (χ2n) is 9.75. The van der Waals surface area contributed by atoms with Gasteiger partial charge in [-0.05, 0) is 53.8 Å². The minimum Gasteiger partial charge on any atom is -0.381 e. The molecule has 2 fully saturated rings. The SMILES string of the molecule is O=C(NCc1ccccc1CN1CCN(c2ccccc2)CC1)C1(c2cccc(F)c2)CCOCC1. The third kappa shape index (κ3) is 5.45. The Labute approximate surface area is 212 Å². The summed E-state index contributed by atoms with van der Waals surface area (Å²) in [5.41, 5.74) is 3.60. The second kappa shape index (κ2) is 11.2. The number of halogens is 1. The van der Waals surface area contributed by atoms with Crippen molar-refractivity contribution in [3.8, 4) is 0 Å². The smallest absolute Gasteiger partial charge is 0.231 e. The number of ether oxygens (including phenoxy) is 1. The predicted octanol–water partition coefficient (Wildman–Crippen LogP) is 4.51. The lowest BCUT2D eigenvalue weighted by Crippen LogP contribution is -2.48. The number of rotatable bonds is 7. The minimum atomic E-state index is -0.761. The van der Waals surface area contributed by atoms with Crippen molar-refractivity contribution < 1.29 is 13.9 Å². The van der Waals surface area contributed by atoms with Gasteiger partial charge in [-0.15, -0.1) is 0 Å². The summed E-state index contributed by atoms with van der Waals surface area (Å²) >= 11 is 0. The number of hydrogen-bond donors (Lipinski definition) is 1. The van der Waals surface area contributed by atoms with Gasteiger partial charge in [0, 0.05) is 58.2 Å². The average Bonchev–Trinajstić information content (AvgIpc) is 2.93. The predicted molar refractivity (Wildman–Crippen MR) is 140 cm³/mol. The van der Waals surface area contributed by atoms with Gasteiger partial charge in [0.2, 0.25) is 5.91 Å². The van der Waals surface area contributed by atoms with Gasteiger partial charge < -0.3 is 15.0 Å². The van der Waals surface area contributed by atoms with Crippen LogP contribution in [0.25, 0.3) is 0 Å². The summed E-state index contributed by atoms with van der Waals surface area (Å²) in [6.45, 7) is 6.30. The molecule has 0 unspecified atom stereocenters. The molecule has 2 aliphatic heterocycles. The summed E-state index contributed by atoms with van der Waals surface area (Å²) in [6, 6.07) is 25.4. The van der Waals surface area contributed by atoms with E-state index in [2.05, 4.69) is 63.6 Å². The van der Waals surface area contributed by atoms with Gasteiger partial charge in [0.15, 0.2) is 0 Å². The molecule has 36 heavy (non-hydrogen) atoms. The van der Waals surface area contributed by atoms with Gasteiger partial charge in [0.05, 0.1) is 5.41 Å². The third-order valence-electron chi connectivity index (χ3n) is 7.60. The molecule has 0 bridgehead atoms. The molecule has 5 rings (SSSR count). The number of amides is 1. The van der Waals surface area contributed by atoms with Crippen molar-refractivity contribution >= 4 is 11.6 Å². The number of carbonyl (C=O) groups is 1. The molecule has 0 aliphatic carbocycles. The number of hydrogen-bond acceptors (Lipinski definition) is 4. The highest BCUT2D eigenvalue weighted by Gasteiger charge is 2.41. The highest BCUT2D eigenvalue weighted by molar-refractivity contribution is 5.88. The lowest BCUT2D eigenvalue weighted by atomic mass is 9.73. The molecular weight excluding hydrogens is 453 g/mol. The molecule has 188 valence electrons. The number of para-hydroxylation sites is 1. The molecule has 3 aromatic carbocycles. The van der Waals surface area contributed by atoms with Crippen LogP contribution < -0.4 is 10.2 Å². The van der Waals surface area contributed by atoms with E-state index in [0.717, 1.165) is 43.9 Å². The van der Waals surface area contributed by atoms with E-state index in [1.165, 1.54) is 23.4 Å². The zero-order valence-corrected chi connectivity index (χ0v) is 20.7. The van der Waals surface area contributed by atoms with Gasteiger partial charge in [-0.1, -0.05) is 54.6 Å². The van der Waals surface area contributed by atoms with Gasteiger partial charge >= 0.3 is 0 Å². The van der Waals surface area contributed by atoms with Crippen molar-refractivity contribution in [2.45, 2.75) is 31.3 Å². The van der Waals surface area contributed by atoms with Gasteiger partial charge in [-0.25, -0.2) is 4.39 Å². The van der Waals surface area contributed by atoms with Gasteiger partial charge in [-0.2, -0.15) is 0 Å². The number of carbonyl (C=O) groups excluding carboxylic acids is 1. The fourth-order valence-electron chi connectivity index (χ4n) is 5.43. The van der Waals surface area contributed by atoms with E-state index < -0.39 is 5.41 Å². The Hall–Kier alpha value is -3.22. The van der Waals surface area contributed by atoms with Crippen molar-refractivity contribution in [1.82, 2.24) is 10.2 Å². The first-order valence-electron chi connectivity index (χ1n) is 12.9. The Morgan fingerprint density at radius 3 is 2.28 bits per heavy atom. The van der Waals surface area contributed by atoms with Crippen molar-refractivity contribution in [2.24, 2.45) is 0 Å². The summed E-state index contributed by atoms with van der Waals surface area (Å²) in [6.07, 6.45) is 1.10. The third-order valence-corrected chi connectivity index (χ3v) is 7.60. The zero-order chi connectivity index (χ0) is 24.8. The quantitative estimate of drug-likeness (QED) is 0.533. The van der Waals surface area contributed by atoms with Crippen LogP contribution in [0.5, 0.6) is 0 Å². The first-order valence-corrected chi connectivity index (χ1v) is 12.9. The zero-order valence-electron chi connectivity index (χ0n) is 20.7. The van der Waals surface area contributed by atoms with Crippen LogP contribution in [0.3, 0.4) is 0 Å². The van der Waals surface area contributed by atoms with Crippen LogP contribution >= 0.6 is 0 Å². The summed E-state index contributed by atoms with van der Waals surface area (Å²) in [4.78, 5) is 18.5. The fraction of sp³-hybridized carbons (Fsp3) is 0.367. The summed E-state index contributed by atoms with van der Waals surface area (Å²) in [7, 11) is 0. The maximum absolute atomic E-state index is 14.0. The van der Waals surface area contributed by atoms with Crippen LogP contribution in [0, 0.1) is 5.82 Å². The largest absolute Gasteiger partial charge is 0.381 e. The topological polar surface area (TPSA) is 44.8 Å². The Morgan fingerprint density at radius 2 is 1.56 bits per heavy atom. The standard InChI is InChI=1S/C30H34FN3O2/c31-27-10-6-9-26(21-27)30(13-19-36-20-14-30)29(35)32-22-24-7-4-5-8-25(24)23-33-15-17-34(18-16-33)28-11-2-1-3-12-28/h1-12,21H,13-20,22-23H2,(H,32,35). The molecule has 0 atom stereocenters. The number of benzene rings is 3. The monoisotopic (exact) mass is 487 g/mol. The lowest BCUT2D eigenvalue weighted by molar-refractivity contribution is -0.130. The Morgan fingerprint density at radius 1 is 0.861 bits per heavy atom. The van der Waals surface area contributed by atoms with E-state index >= 15 is 0 Å². The second-order valence-corrected chi connectivity index (χ2v) is 9.75. The Bertz CT molecular complexity index is 1160. The van der Waals surface area contributed by atoms with Gasteiger partial charge in [0.25, 0.3) is 0 Å². The van der Waals surface area contributed by atoms with Gasteiger partial charge in [-0.3, -0.25) is 9.69 Å². The first kappa shape index (κ1) is 24.5. The van der Waals surface area contributed by atoms with Crippen molar-refractivity contribution in [2.75, 3.05) is 44.3 Å². The van der Waals surface area contributed by atoms with E-state index in [4.69, 9.17) is 4.74 Å². The molecule has 2 aliphatic rings. The van der Waals surface area contributed by atoms with Crippen molar-refractivity contribution in [1.29, 1.82) is 0 Å². The maximum atomic E-state index is 14.0. The van der Waals surface area contributed by atoms with Crippen molar-refractivity contribution in [3.05, 3.63) is 101 Å². The fourth-order valence-corrected chi connectivity index (χ4v) is 5.43. The van der Waals surface area contributed by atoms with Crippen LogP contribution in [0.4, 0.5) is 10.1 Å². The highest BCUT2D eigenvalue weighted by atomic mass is 19.1. The van der Waals surface area contributed by atoms with E-state index in [-0.39, 0.29) is 11.7 Å². The molecule has 0 saturated carbocycles. The average molecular weight is 488 g/mol. The van der Waals surface area contributed by atoms with E-state index in [1.807, 2.05) is 12.1 Å². The molecule has 1 amide bonds. The molecule has 5 nitrogen and oxygen atoms in total. The molecule has 0 aromatic heterocycles. The van der Waals surface area contributed by atoms with Crippen LogP contribution in [-0.4, -0.2) is 50.2 Å². The minimum absolute atomic E-state index is 0.0531. The first-order chi connectivity index (χ1) is 17.6. The molecule has 3 aromatic rings. The van der Waals surface area contributed by atoms with Crippen LogP contribution in [0.15, 0.2) is 78.9 Å². The summed E-state index contributed by atoms with van der Waals surface area (Å²) in [5, 5.41) is 3.19. The molecule has 6 heteroatoms. The lowest BCUT2D eigenvalue weighted by Gasteiger charge is -2.37. The molecular formula is C30H34FN3O2. The molecule has 0 radical (unpaired) electrons. The Balaban J connectivity index is 1.23. The molecule has 1 N–H and O–H groups in total. The van der Waals surface area contributed by atoms with Crippen molar-refractivity contribution in [3.63, 3.8) is 0 Å². The number of piperazine rings is 1. The molecule has 2 saturated heterocycles. The number of nitrogens with one attached hydrogen (secondary N) is 1. The number of nitrogens with zero attached hydrogens (tertiary/aromatic N) is 2. The van der Waals surface area contributed by atoms with E-state index in [9.17, 15) is 9.18 Å². The normalized spacial score (nSPS) is 18.1. The Kier molecular flexibility index (Phi) is 7.63. The highest BCUT2D eigenvalue weighted by Crippen LogP contribution is 2.35. The van der Waals surface area contributed by atoms with Gasteiger partial charge in [0.1, 0.15) is 5.82 Å². The van der Waals surface area contributed by atoms with Crippen LogP contribution in [0.2, 0.25) is 0 Å². The summed E-state index contributed by atoms with van der Waals surface area (Å²) in [5.74, 6) is -0.369. The van der Waals surface area contributed by atoms with E-state index in [0.29, 0.717) is 32.6 Å². The number of anilines is 1. The van der Waals surface area contributed by atoms with Crippen LogP contribution in [-0.2, 0) is 28.0 Å². The van der Waals surface area contributed by atoms with Crippen LogP contribution in [0.1, 0.15) is 29.5 Å². The molecule has 2 heterocycles. The summed E-state index contributed by atoms with van der Waals surface area (Å²) < 4.78 is 19.6. The molecule has 0 spiro atoms. The maximum Gasteiger partial charge on any atom is 0.231 e. The van der Waals surface area contributed by atoms with E-state index in [1.54, 1.807) is 6.07 Å².